The molecule has 0 radical (unpaired) electrons. The van der Waals surface area contributed by atoms with E-state index >= 15 is 0 Å². The maximum absolute atomic E-state index is 8.68. The summed E-state index contributed by atoms with van der Waals surface area (Å²) in [7, 11) is 0. The summed E-state index contributed by atoms with van der Waals surface area (Å²) < 4.78 is 37.7. The van der Waals surface area contributed by atoms with Crippen LogP contribution in [0.4, 0.5) is 34.1 Å². The van der Waals surface area contributed by atoms with Gasteiger partial charge in [-0.3, -0.25) is 0 Å². The van der Waals surface area contributed by atoms with E-state index in [0.717, 1.165) is 234 Å². The van der Waals surface area contributed by atoms with Crippen molar-refractivity contribution in [2.45, 2.75) is 26.2 Å². The third-order valence-corrected chi connectivity index (χ3v) is 30.3. The smallest absolute Gasteiger partial charge is 0.265 e. The predicted molar refractivity (Wildman–Crippen MR) is 587 cm³/mol. The van der Waals surface area contributed by atoms with E-state index in [1.807, 2.05) is 0 Å². The summed E-state index contributed by atoms with van der Waals surface area (Å²) in [5.74, 6) is 5.57. The van der Waals surface area contributed by atoms with E-state index in [0.29, 0.717) is 34.5 Å². The summed E-state index contributed by atoms with van der Waals surface area (Å²) in [6.07, 6.45) is 0. The van der Waals surface area contributed by atoms with Crippen LogP contribution in [0.5, 0.6) is 46.0 Å². The van der Waals surface area contributed by atoms with Crippen LogP contribution in [0.3, 0.4) is 0 Å². The maximum atomic E-state index is 8.68. The van der Waals surface area contributed by atoms with Crippen LogP contribution in [-0.4, -0.2) is 29.3 Å². The summed E-state index contributed by atoms with van der Waals surface area (Å²) in [6, 6.07) is 170. The number of para-hydroxylation sites is 4. The molecule has 8 heterocycles. The molecule has 0 fully saturated rings. The zero-order valence-electron chi connectivity index (χ0n) is 77.5. The second kappa shape index (κ2) is 31.4. The van der Waals surface area contributed by atoms with Gasteiger partial charge in [-0.2, -0.15) is 0 Å². The number of hydrogen-bond acceptors (Lipinski definition) is 6. The molecule has 0 unspecified atom stereocenters. The van der Waals surface area contributed by atoms with Crippen LogP contribution in [-0.2, 0) is 5.41 Å². The van der Waals surface area contributed by atoms with E-state index in [1.165, 1.54) is 10.8 Å². The van der Waals surface area contributed by atoms with Crippen molar-refractivity contribution in [2.24, 2.45) is 0 Å². The highest BCUT2D eigenvalue weighted by atomic mass is 16.5. The van der Waals surface area contributed by atoms with Gasteiger partial charge in [0.15, 0.2) is 0 Å². The van der Waals surface area contributed by atoms with Gasteiger partial charge in [0.1, 0.15) is 46.0 Å². The summed E-state index contributed by atoms with van der Waals surface area (Å²) in [5, 5.41) is 4.65. The molecule has 0 bridgehead atoms. The van der Waals surface area contributed by atoms with Crippen LogP contribution in [0.1, 0.15) is 26.3 Å². The first kappa shape index (κ1) is 80.5. The number of hydrogen-bond donors (Lipinski definition) is 0. The van der Waals surface area contributed by atoms with Gasteiger partial charge in [0, 0.05) is 113 Å². The summed E-state index contributed by atoms with van der Waals surface area (Å²) >= 11 is 0. The number of aromatic nitrogens is 2. The molecule has 6 aliphatic heterocycles. The highest BCUT2D eigenvalue weighted by Crippen LogP contribution is 2.57. The molecule has 8 nitrogen and oxygen atoms in total. The SMILES string of the molecule is CC(C)(C)c1cc2c3c(c1)N(c1c(-c4ccccc4)cccc1-c1ccccc1)c1cc4c5c(c1B3c1ccc(-n3c6ccccc6c6ccc(-c7ccccc7)cc63)cc1N2c1c(-c2ccccc2)cccc1-c1ccccc1)Oc1cc2c3c(c1B5c1ccc(-n5c6ccccc6c6ccc(-c7ccccc7)cc65)cc1O4)Oc1ccc(-c4ccccc4)cc1B3c1cc(-c3ccccc3)ccc1O2. The molecule has 0 atom stereocenters. The lowest BCUT2D eigenvalue weighted by Gasteiger charge is -2.48. The first-order chi connectivity index (χ1) is 69.6. The fourth-order valence-electron chi connectivity index (χ4n) is 23.9. The predicted octanol–water partition coefficient (Wildman–Crippen LogP) is 28.1. The van der Waals surface area contributed by atoms with Crippen molar-refractivity contribution in [1.82, 2.24) is 9.13 Å². The number of ether oxygens (including phenoxy) is 4. The van der Waals surface area contributed by atoms with Gasteiger partial charge in [0.25, 0.3) is 20.1 Å². The van der Waals surface area contributed by atoms with Crippen molar-refractivity contribution < 1.29 is 18.9 Å². The van der Waals surface area contributed by atoms with Crippen LogP contribution in [0, 0.1) is 0 Å². The normalized spacial score (nSPS) is 13.1. The lowest BCUT2D eigenvalue weighted by Crippen LogP contribution is -2.66. The molecule has 0 aliphatic carbocycles. The molecule has 23 aromatic rings. The van der Waals surface area contributed by atoms with Crippen molar-refractivity contribution in [3.63, 3.8) is 0 Å². The van der Waals surface area contributed by atoms with Gasteiger partial charge in [-0.15, -0.1) is 0 Å². The van der Waals surface area contributed by atoms with Crippen LogP contribution >= 0.6 is 0 Å². The summed E-state index contributed by atoms with van der Waals surface area (Å²) in [5.41, 5.74) is 39.6. The van der Waals surface area contributed by atoms with Gasteiger partial charge in [-0.25, -0.2) is 0 Å². The molecule has 658 valence electrons. The number of rotatable bonds is 12. The van der Waals surface area contributed by atoms with Crippen molar-refractivity contribution in [2.75, 3.05) is 9.80 Å². The molecule has 0 saturated heterocycles. The van der Waals surface area contributed by atoms with Crippen LogP contribution < -0.4 is 77.9 Å². The Morgan fingerprint density at radius 3 is 1.00 bits per heavy atom. The lowest BCUT2D eigenvalue weighted by atomic mass is 9.29. The molecule has 0 saturated carbocycles. The second-order valence-electron chi connectivity index (χ2n) is 39.1. The molecule has 2 aromatic heterocycles. The first-order valence-electron chi connectivity index (χ1n) is 48.8. The summed E-state index contributed by atoms with van der Waals surface area (Å²) in [6.45, 7) is 5.59. The molecule has 0 spiro atoms. The molecular weight excluding hydrogens is 1710 g/mol. The largest absolute Gasteiger partial charge is 0.459 e. The van der Waals surface area contributed by atoms with Crippen molar-refractivity contribution in [3.8, 4) is 146 Å². The maximum Gasteiger partial charge on any atom is 0.265 e. The van der Waals surface area contributed by atoms with Gasteiger partial charge in [-0.1, -0.05) is 397 Å². The molecule has 141 heavy (non-hydrogen) atoms. The Morgan fingerprint density at radius 2 is 0.539 bits per heavy atom. The van der Waals surface area contributed by atoms with E-state index in [2.05, 4.69) is 501 Å². The third kappa shape index (κ3) is 12.5. The lowest BCUT2D eigenvalue weighted by molar-refractivity contribution is 0.444. The second-order valence-corrected chi connectivity index (χ2v) is 39.1. The van der Waals surface area contributed by atoms with Crippen molar-refractivity contribution >= 4 is 147 Å². The number of fused-ring (bicyclic) bond motifs is 20. The average molecular weight is 1800 g/mol. The number of benzene rings is 21. The average Bonchev–Trinajstić information content (AvgIpc) is 0.771. The molecule has 0 N–H and O–H groups in total. The zero-order chi connectivity index (χ0) is 93.0. The molecule has 21 aromatic carbocycles. The molecule has 6 aliphatic rings. The zero-order valence-corrected chi connectivity index (χ0v) is 77.5. The van der Waals surface area contributed by atoms with Gasteiger partial charge in [-0.05, 0) is 177 Å². The van der Waals surface area contributed by atoms with E-state index < -0.39 is 18.8 Å². The monoisotopic (exact) mass is 1800 g/mol. The fourth-order valence-corrected chi connectivity index (χ4v) is 23.9. The molecule has 0 amide bonds. The van der Waals surface area contributed by atoms with E-state index in [1.54, 1.807) is 0 Å². The van der Waals surface area contributed by atoms with Crippen molar-refractivity contribution in [1.29, 1.82) is 0 Å². The summed E-state index contributed by atoms with van der Waals surface area (Å²) in [4.78, 5) is 5.33. The van der Waals surface area contributed by atoms with E-state index in [9.17, 15) is 0 Å². The molecule has 11 heteroatoms. The van der Waals surface area contributed by atoms with Gasteiger partial charge in [0.05, 0.1) is 33.4 Å². The van der Waals surface area contributed by atoms with Crippen LogP contribution in [0.25, 0.3) is 144 Å². The Hall–Kier alpha value is -17.8. The van der Waals surface area contributed by atoms with Crippen LogP contribution in [0.15, 0.2) is 461 Å². The van der Waals surface area contributed by atoms with Gasteiger partial charge < -0.3 is 37.9 Å². The van der Waals surface area contributed by atoms with Crippen molar-refractivity contribution in [3.05, 3.63) is 467 Å². The van der Waals surface area contributed by atoms with Gasteiger partial charge in [0.2, 0.25) is 0 Å². The highest BCUT2D eigenvalue weighted by molar-refractivity contribution is 7.04. The third-order valence-electron chi connectivity index (χ3n) is 30.3. The molecular formula is C130H85B3N4O4. The van der Waals surface area contributed by atoms with E-state index in [4.69, 9.17) is 18.9 Å². The Bertz CT molecular complexity index is 9000. The Kier molecular flexibility index (Phi) is 17.9. The quantitative estimate of drug-likeness (QED) is 0.114. The topological polar surface area (TPSA) is 53.3 Å². The van der Waals surface area contributed by atoms with E-state index in [-0.39, 0.29) is 6.71 Å². The standard InChI is InChI=1S/C130H85B3N4O4/c1-130(2,3)92-74-112-121-113(75-92)137(127-97(86-46-24-10-25-47-86)54-33-55-98(127)87-48-26-11-27-49-87)114-78-118-124-128(122(114)132(121)103-66-62-93(134-107-56-30-28-50-99(107)101-64-58-90(72-109(101)134)82-38-16-6-17-39-82)76-111(103)136(112)126-95(84-42-20-8-21-43-84)52-32-53-96(126)85-44-22-9-23-45-85)141-120-79-119-123-129(140-116-69-61-89(81-36-14-5-15-37-81)71-106(116)131(123)105-70-88(60-68-115(105)138-119)80-34-12-4-13-35-80)125(120)133(124)104-67-63-94(77-117(104)139-118)135-108-57-31-29-51-100(108)102-65-59-91(73-110(102)135)83-40-18-7-19-41-83/h4-79H,1-3H3. The Labute approximate surface area is 818 Å². The number of nitrogens with zero attached hydrogens (tertiary/aromatic N) is 4. The first-order valence-corrected chi connectivity index (χ1v) is 48.8. The Balaban J connectivity index is 0.760. The Morgan fingerprint density at radius 1 is 0.199 bits per heavy atom. The minimum Gasteiger partial charge on any atom is -0.459 e. The highest BCUT2D eigenvalue weighted by Gasteiger charge is 2.55. The fraction of sp³-hybridized carbons (Fsp3) is 0.0308. The van der Waals surface area contributed by atoms with Crippen LogP contribution in [0.2, 0.25) is 0 Å². The minimum absolute atomic E-state index is 0.360. The number of anilines is 6. The molecule has 29 rings (SSSR count). The minimum atomic E-state index is -0.605. The van der Waals surface area contributed by atoms with Gasteiger partial charge >= 0.3 is 0 Å².